The highest BCUT2D eigenvalue weighted by molar-refractivity contribution is 5.57. The molecule has 1 aliphatic rings. The van der Waals surface area contributed by atoms with Gasteiger partial charge < -0.3 is 10.1 Å². The van der Waals surface area contributed by atoms with E-state index in [2.05, 4.69) is 54.2 Å². The number of nitrogens with one attached hydrogen (secondary N) is 1. The van der Waals surface area contributed by atoms with E-state index in [0.717, 1.165) is 36.5 Å². The van der Waals surface area contributed by atoms with Crippen LogP contribution in [-0.4, -0.2) is 23.4 Å². The minimum absolute atomic E-state index is 0.819. The number of hydrogen-bond acceptors (Lipinski definition) is 3. The quantitative estimate of drug-likeness (QED) is 0.723. The zero-order valence-electron chi connectivity index (χ0n) is 16.4. The molecule has 1 aromatic heterocycles. The molecular formula is C23H27N3O. The summed E-state index contributed by atoms with van der Waals surface area (Å²) in [6.45, 7) is 5.34. The Morgan fingerprint density at radius 1 is 1.11 bits per heavy atom. The molecule has 0 radical (unpaired) electrons. The Bertz CT molecular complexity index is 958. The Labute approximate surface area is 161 Å². The first-order valence-corrected chi connectivity index (χ1v) is 9.71. The van der Waals surface area contributed by atoms with E-state index in [-0.39, 0.29) is 0 Å². The number of aryl methyl sites for hydroxylation is 1. The third kappa shape index (κ3) is 3.44. The highest BCUT2D eigenvalue weighted by atomic mass is 16.5. The van der Waals surface area contributed by atoms with Crippen molar-refractivity contribution in [3.8, 4) is 11.4 Å². The molecule has 0 fully saturated rings. The fraction of sp³-hybridized carbons (Fsp3) is 0.348. The van der Waals surface area contributed by atoms with Gasteiger partial charge in [0.25, 0.3) is 0 Å². The third-order valence-corrected chi connectivity index (χ3v) is 5.52. The van der Waals surface area contributed by atoms with Gasteiger partial charge in [0.05, 0.1) is 18.5 Å². The number of anilines is 1. The molecule has 4 nitrogen and oxygen atoms in total. The van der Waals surface area contributed by atoms with Crippen LogP contribution in [0.2, 0.25) is 0 Å². The number of hydrogen-bond donors (Lipinski definition) is 1. The number of nitrogens with zero attached hydrogens (tertiary/aromatic N) is 2. The second-order valence-corrected chi connectivity index (χ2v) is 7.32. The minimum Gasteiger partial charge on any atom is -0.497 e. The first-order chi connectivity index (χ1) is 13.2. The van der Waals surface area contributed by atoms with Crippen molar-refractivity contribution in [1.29, 1.82) is 0 Å². The van der Waals surface area contributed by atoms with Gasteiger partial charge in [-0.3, -0.25) is 0 Å². The predicted molar refractivity (Wildman–Crippen MR) is 110 cm³/mol. The topological polar surface area (TPSA) is 39.1 Å². The second kappa shape index (κ2) is 7.47. The normalized spacial score (nSPS) is 13.6. The zero-order valence-corrected chi connectivity index (χ0v) is 16.4. The van der Waals surface area contributed by atoms with E-state index in [1.54, 1.807) is 7.11 Å². The maximum atomic E-state index is 5.39. The van der Waals surface area contributed by atoms with Gasteiger partial charge in [0.2, 0.25) is 0 Å². The first-order valence-electron chi connectivity index (χ1n) is 9.71. The van der Waals surface area contributed by atoms with Gasteiger partial charge >= 0.3 is 0 Å². The SMILES string of the molecule is COc1cccc(Cc2nn(-c3cccc(C)c3C)c3c2CCCCN3)c1. The fourth-order valence-electron chi connectivity index (χ4n) is 3.83. The van der Waals surface area contributed by atoms with Gasteiger partial charge in [0.15, 0.2) is 0 Å². The zero-order chi connectivity index (χ0) is 18.8. The largest absolute Gasteiger partial charge is 0.497 e. The molecule has 0 bridgehead atoms. The highest BCUT2D eigenvalue weighted by Crippen LogP contribution is 2.31. The van der Waals surface area contributed by atoms with E-state index in [1.165, 1.54) is 40.9 Å². The Morgan fingerprint density at radius 3 is 2.81 bits per heavy atom. The molecular weight excluding hydrogens is 334 g/mol. The minimum atomic E-state index is 0.819. The van der Waals surface area contributed by atoms with E-state index in [4.69, 9.17) is 9.84 Å². The molecule has 140 valence electrons. The van der Waals surface area contributed by atoms with Crippen LogP contribution in [0.1, 0.15) is 40.8 Å². The summed E-state index contributed by atoms with van der Waals surface area (Å²) < 4.78 is 7.51. The molecule has 1 N–H and O–H groups in total. The van der Waals surface area contributed by atoms with Gasteiger partial charge in [-0.05, 0) is 68.0 Å². The second-order valence-electron chi connectivity index (χ2n) is 7.32. The Morgan fingerprint density at radius 2 is 1.96 bits per heavy atom. The van der Waals surface area contributed by atoms with Crippen molar-refractivity contribution in [3.63, 3.8) is 0 Å². The van der Waals surface area contributed by atoms with Crippen LogP contribution < -0.4 is 10.1 Å². The number of fused-ring (bicyclic) bond motifs is 1. The van der Waals surface area contributed by atoms with Crippen molar-refractivity contribution < 1.29 is 4.74 Å². The molecule has 4 heteroatoms. The van der Waals surface area contributed by atoms with Crippen molar-refractivity contribution >= 4 is 5.82 Å². The number of methoxy groups -OCH3 is 1. The molecule has 0 unspecified atom stereocenters. The first kappa shape index (κ1) is 17.7. The van der Waals surface area contributed by atoms with E-state index < -0.39 is 0 Å². The van der Waals surface area contributed by atoms with Gasteiger partial charge in [0, 0.05) is 18.5 Å². The molecule has 1 aliphatic heterocycles. The Kier molecular flexibility index (Phi) is 4.88. The van der Waals surface area contributed by atoms with E-state index in [9.17, 15) is 0 Å². The number of benzene rings is 2. The molecule has 0 amide bonds. The standard InChI is InChI=1S/C23H27N3O/c1-16-8-6-12-22(17(16)2)26-23-20(11-4-5-13-24-23)21(25-26)15-18-9-7-10-19(14-18)27-3/h6-10,12,14,24H,4-5,11,13,15H2,1-3H3. The van der Waals surface area contributed by atoms with Crippen LogP contribution >= 0.6 is 0 Å². The summed E-state index contributed by atoms with van der Waals surface area (Å²) in [5, 5.41) is 8.71. The van der Waals surface area contributed by atoms with Gasteiger partial charge in [-0.25, -0.2) is 4.68 Å². The van der Waals surface area contributed by atoms with Crippen molar-refractivity contribution in [2.75, 3.05) is 19.0 Å². The van der Waals surface area contributed by atoms with E-state index >= 15 is 0 Å². The summed E-state index contributed by atoms with van der Waals surface area (Å²) in [6, 6.07) is 14.7. The summed E-state index contributed by atoms with van der Waals surface area (Å²) in [6.07, 6.45) is 4.29. The molecule has 2 aromatic carbocycles. The lowest BCUT2D eigenvalue weighted by Crippen LogP contribution is -2.08. The number of rotatable bonds is 4. The molecule has 4 rings (SSSR count). The van der Waals surface area contributed by atoms with Crippen LogP contribution in [0, 0.1) is 13.8 Å². The Hall–Kier alpha value is -2.75. The smallest absolute Gasteiger partial charge is 0.133 e. The fourth-order valence-corrected chi connectivity index (χ4v) is 3.83. The summed E-state index contributed by atoms with van der Waals surface area (Å²) in [4.78, 5) is 0. The molecule has 0 saturated carbocycles. The lowest BCUT2D eigenvalue weighted by Gasteiger charge is -2.13. The Balaban J connectivity index is 1.80. The van der Waals surface area contributed by atoms with E-state index in [1.807, 2.05) is 12.1 Å². The molecule has 2 heterocycles. The number of aromatic nitrogens is 2. The summed E-state index contributed by atoms with van der Waals surface area (Å²) >= 11 is 0. The van der Waals surface area contributed by atoms with Crippen molar-refractivity contribution in [3.05, 3.63) is 70.4 Å². The average molecular weight is 361 g/mol. The van der Waals surface area contributed by atoms with Gasteiger partial charge in [-0.1, -0.05) is 24.3 Å². The van der Waals surface area contributed by atoms with Crippen LogP contribution in [-0.2, 0) is 12.8 Å². The average Bonchev–Trinajstić information content (AvgIpc) is 2.85. The highest BCUT2D eigenvalue weighted by Gasteiger charge is 2.21. The van der Waals surface area contributed by atoms with Crippen LogP contribution in [0.25, 0.3) is 5.69 Å². The van der Waals surface area contributed by atoms with Gasteiger partial charge in [-0.15, -0.1) is 0 Å². The molecule has 0 saturated heterocycles. The van der Waals surface area contributed by atoms with Crippen molar-refractivity contribution in [2.45, 2.75) is 39.5 Å². The summed E-state index contributed by atoms with van der Waals surface area (Å²) in [5.74, 6) is 2.06. The lowest BCUT2D eigenvalue weighted by molar-refractivity contribution is 0.414. The van der Waals surface area contributed by atoms with E-state index in [0.29, 0.717) is 0 Å². The summed E-state index contributed by atoms with van der Waals surface area (Å²) in [5.41, 5.74) is 7.48. The molecule has 27 heavy (non-hydrogen) atoms. The maximum absolute atomic E-state index is 5.39. The molecule has 0 aliphatic carbocycles. The third-order valence-electron chi connectivity index (χ3n) is 5.52. The monoisotopic (exact) mass is 361 g/mol. The van der Waals surface area contributed by atoms with Crippen LogP contribution in [0.4, 0.5) is 5.82 Å². The van der Waals surface area contributed by atoms with Gasteiger partial charge in [-0.2, -0.15) is 5.10 Å². The van der Waals surface area contributed by atoms with Crippen LogP contribution in [0.5, 0.6) is 5.75 Å². The van der Waals surface area contributed by atoms with Crippen LogP contribution in [0.3, 0.4) is 0 Å². The predicted octanol–water partition coefficient (Wildman–Crippen LogP) is 4.84. The number of ether oxygens (including phenoxy) is 1. The molecule has 3 aromatic rings. The summed E-state index contributed by atoms with van der Waals surface area (Å²) in [7, 11) is 1.71. The van der Waals surface area contributed by atoms with Gasteiger partial charge in [0.1, 0.15) is 11.6 Å². The molecule has 0 spiro atoms. The van der Waals surface area contributed by atoms with Crippen molar-refractivity contribution in [2.24, 2.45) is 0 Å². The lowest BCUT2D eigenvalue weighted by atomic mass is 10.0. The van der Waals surface area contributed by atoms with Crippen LogP contribution in [0.15, 0.2) is 42.5 Å². The maximum Gasteiger partial charge on any atom is 0.133 e. The molecule has 0 atom stereocenters. The van der Waals surface area contributed by atoms with Crippen molar-refractivity contribution in [1.82, 2.24) is 9.78 Å².